The molecule has 1 fully saturated rings. The van der Waals surface area contributed by atoms with Crippen molar-refractivity contribution in [1.29, 1.82) is 0 Å². The van der Waals surface area contributed by atoms with E-state index in [0.29, 0.717) is 28.2 Å². The maximum Gasteiger partial charge on any atom is 0.251 e. The number of carbonyl (C=O) groups is 2. The van der Waals surface area contributed by atoms with Gasteiger partial charge >= 0.3 is 0 Å². The number of halogens is 1. The Bertz CT molecular complexity index is 1340. The molecule has 0 unspecified atom stereocenters. The minimum Gasteiger partial charge on any atom is -0.464 e. The normalized spacial score (nSPS) is 14.8. The molecular formula is C26H26FN5O3. The van der Waals surface area contributed by atoms with E-state index in [4.69, 9.17) is 4.42 Å². The Morgan fingerprint density at radius 3 is 2.57 bits per heavy atom. The number of nitrogens with one attached hydrogen (secondary N) is 1. The van der Waals surface area contributed by atoms with Gasteiger partial charge in [0.25, 0.3) is 5.91 Å². The quantitative estimate of drug-likeness (QED) is 0.430. The van der Waals surface area contributed by atoms with Gasteiger partial charge in [0.15, 0.2) is 6.04 Å². The molecule has 4 aromatic rings. The Labute approximate surface area is 201 Å². The van der Waals surface area contributed by atoms with Crippen molar-refractivity contribution < 1.29 is 18.4 Å². The molecule has 2 aromatic carbocycles. The fraction of sp³-hybridized carbons (Fsp3) is 0.308. The number of rotatable bonds is 7. The van der Waals surface area contributed by atoms with E-state index in [0.717, 1.165) is 25.7 Å². The van der Waals surface area contributed by atoms with Gasteiger partial charge < -0.3 is 9.73 Å². The second-order valence-electron chi connectivity index (χ2n) is 8.82. The fourth-order valence-corrected chi connectivity index (χ4v) is 4.60. The minimum absolute atomic E-state index is 0.0467. The van der Waals surface area contributed by atoms with Crippen LogP contribution in [0.25, 0.3) is 11.0 Å². The maximum absolute atomic E-state index is 13.8. The average molecular weight is 476 g/mol. The molecule has 0 aliphatic heterocycles. The van der Waals surface area contributed by atoms with E-state index in [-0.39, 0.29) is 18.5 Å². The number of anilines is 1. The summed E-state index contributed by atoms with van der Waals surface area (Å²) in [5.74, 6) is -0.240. The lowest BCUT2D eigenvalue weighted by Crippen LogP contribution is -2.47. The molecule has 1 N–H and O–H groups in total. The van der Waals surface area contributed by atoms with Gasteiger partial charge in [-0.3, -0.25) is 14.5 Å². The Kier molecular flexibility index (Phi) is 6.31. The van der Waals surface area contributed by atoms with Crippen LogP contribution < -0.4 is 10.2 Å². The third-order valence-electron chi connectivity index (χ3n) is 6.32. The number of carbonyl (C=O) groups excluding carboxylic acids is 2. The van der Waals surface area contributed by atoms with Gasteiger partial charge in [-0.2, -0.15) is 0 Å². The molecule has 2 amide bonds. The van der Waals surface area contributed by atoms with Crippen LogP contribution in [0, 0.1) is 12.7 Å². The number of aryl methyl sites for hydroxylation is 1. The monoisotopic (exact) mass is 475 g/mol. The Hall–Kier alpha value is -4.01. The second-order valence-corrected chi connectivity index (χ2v) is 8.82. The summed E-state index contributed by atoms with van der Waals surface area (Å²) in [6.45, 7) is 1.62. The van der Waals surface area contributed by atoms with Gasteiger partial charge in [0.2, 0.25) is 5.91 Å². The summed E-state index contributed by atoms with van der Waals surface area (Å²) in [5.41, 5.74) is 1.73. The predicted molar refractivity (Wildman–Crippen MR) is 128 cm³/mol. The fourth-order valence-electron chi connectivity index (χ4n) is 4.60. The Balaban J connectivity index is 1.55. The molecule has 2 heterocycles. The molecule has 180 valence electrons. The van der Waals surface area contributed by atoms with E-state index >= 15 is 0 Å². The van der Waals surface area contributed by atoms with Gasteiger partial charge in [-0.1, -0.05) is 30.2 Å². The molecule has 35 heavy (non-hydrogen) atoms. The number of para-hydroxylation sites is 1. The van der Waals surface area contributed by atoms with Crippen molar-refractivity contribution in [2.45, 2.75) is 51.2 Å². The van der Waals surface area contributed by atoms with Crippen LogP contribution in [0.2, 0.25) is 0 Å². The molecule has 0 radical (unpaired) electrons. The molecule has 1 saturated carbocycles. The van der Waals surface area contributed by atoms with Crippen molar-refractivity contribution in [2.75, 3.05) is 4.90 Å². The molecule has 1 atom stereocenters. The number of aromatic nitrogens is 3. The highest BCUT2D eigenvalue weighted by molar-refractivity contribution is 6.01. The van der Waals surface area contributed by atoms with E-state index in [1.165, 1.54) is 33.8 Å². The van der Waals surface area contributed by atoms with Gasteiger partial charge in [0, 0.05) is 11.7 Å². The van der Waals surface area contributed by atoms with E-state index < -0.39 is 17.8 Å². The van der Waals surface area contributed by atoms with Gasteiger partial charge in [-0.15, -0.1) is 5.10 Å². The molecule has 1 aliphatic carbocycles. The highest BCUT2D eigenvalue weighted by Gasteiger charge is 2.36. The summed E-state index contributed by atoms with van der Waals surface area (Å²) in [7, 11) is 0. The molecule has 1 aliphatic rings. The molecule has 5 rings (SSSR count). The van der Waals surface area contributed by atoms with Crippen LogP contribution in [0.5, 0.6) is 0 Å². The summed E-state index contributed by atoms with van der Waals surface area (Å²) in [6.07, 6.45) is 3.89. The van der Waals surface area contributed by atoms with Crippen molar-refractivity contribution in [2.24, 2.45) is 0 Å². The third-order valence-corrected chi connectivity index (χ3v) is 6.32. The minimum atomic E-state index is -1.07. The topological polar surface area (TPSA) is 93.3 Å². The van der Waals surface area contributed by atoms with Crippen LogP contribution in [0.4, 0.5) is 10.1 Å². The SMILES string of the molecule is Cc1ccc([C@@H](C(=O)NC2CCCC2)N(C(=O)Cn2nnc3ccccc32)c2ccc(F)cc2)o1. The van der Waals surface area contributed by atoms with Crippen molar-refractivity contribution in [1.82, 2.24) is 20.3 Å². The predicted octanol–water partition coefficient (Wildman–Crippen LogP) is 4.31. The molecule has 0 bridgehead atoms. The first-order chi connectivity index (χ1) is 17.0. The van der Waals surface area contributed by atoms with Crippen molar-refractivity contribution in [3.63, 3.8) is 0 Å². The number of furan rings is 1. The summed E-state index contributed by atoms with van der Waals surface area (Å²) in [4.78, 5) is 28.8. The van der Waals surface area contributed by atoms with E-state index in [2.05, 4.69) is 15.6 Å². The van der Waals surface area contributed by atoms with Crippen molar-refractivity contribution >= 4 is 28.5 Å². The summed E-state index contributed by atoms with van der Waals surface area (Å²) in [5, 5.41) is 11.3. The number of fused-ring (bicyclic) bond motifs is 1. The lowest BCUT2D eigenvalue weighted by molar-refractivity contribution is -0.127. The van der Waals surface area contributed by atoms with Crippen LogP contribution in [-0.4, -0.2) is 32.9 Å². The van der Waals surface area contributed by atoms with E-state index in [9.17, 15) is 14.0 Å². The largest absolute Gasteiger partial charge is 0.464 e. The van der Waals surface area contributed by atoms with E-state index in [1.54, 1.807) is 19.1 Å². The first-order valence-corrected chi connectivity index (χ1v) is 11.7. The zero-order valence-corrected chi connectivity index (χ0v) is 19.4. The lowest BCUT2D eigenvalue weighted by atomic mass is 10.1. The summed E-state index contributed by atoms with van der Waals surface area (Å²) in [6, 6.07) is 15.2. The molecule has 2 aromatic heterocycles. The first-order valence-electron chi connectivity index (χ1n) is 11.7. The first kappa shape index (κ1) is 22.8. The van der Waals surface area contributed by atoms with Gasteiger partial charge in [-0.25, -0.2) is 9.07 Å². The molecule has 0 spiro atoms. The van der Waals surface area contributed by atoms with Crippen LogP contribution in [0.15, 0.2) is 65.1 Å². The second kappa shape index (κ2) is 9.69. The van der Waals surface area contributed by atoms with Crippen LogP contribution in [-0.2, 0) is 16.1 Å². The molecular weight excluding hydrogens is 449 g/mol. The maximum atomic E-state index is 13.8. The third kappa shape index (κ3) is 4.80. The molecule has 8 nitrogen and oxygen atoms in total. The van der Waals surface area contributed by atoms with Gasteiger partial charge in [0.05, 0.1) is 5.52 Å². The number of hydrogen-bond acceptors (Lipinski definition) is 5. The number of amides is 2. The summed E-state index contributed by atoms with van der Waals surface area (Å²) < 4.78 is 21.1. The lowest BCUT2D eigenvalue weighted by Gasteiger charge is -2.31. The van der Waals surface area contributed by atoms with Gasteiger partial charge in [0.1, 0.15) is 29.4 Å². The van der Waals surface area contributed by atoms with Crippen LogP contribution in [0.3, 0.4) is 0 Å². The number of hydrogen-bond donors (Lipinski definition) is 1. The zero-order chi connectivity index (χ0) is 24.4. The van der Waals surface area contributed by atoms with Crippen LogP contribution in [0.1, 0.15) is 43.2 Å². The van der Waals surface area contributed by atoms with E-state index in [1.807, 2.05) is 24.3 Å². The van der Waals surface area contributed by atoms with Gasteiger partial charge in [-0.05, 0) is 68.3 Å². The number of nitrogens with zero attached hydrogens (tertiary/aromatic N) is 4. The zero-order valence-electron chi connectivity index (χ0n) is 19.4. The highest BCUT2D eigenvalue weighted by atomic mass is 19.1. The Morgan fingerprint density at radius 1 is 1.11 bits per heavy atom. The van der Waals surface area contributed by atoms with Crippen LogP contribution >= 0.6 is 0 Å². The number of benzene rings is 2. The Morgan fingerprint density at radius 2 is 1.86 bits per heavy atom. The van der Waals surface area contributed by atoms with Crippen molar-refractivity contribution in [3.8, 4) is 0 Å². The molecule has 9 heteroatoms. The highest BCUT2D eigenvalue weighted by Crippen LogP contribution is 2.31. The summed E-state index contributed by atoms with van der Waals surface area (Å²) >= 11 is 0. The average Bonchev–Trinajstić information content (AvgIpc) is 3.60. The smallest absolute Gasteiger partial charge is 0.251 e. The standard InChI is InChI=1S/C26H26FN5O3/c1-17-10-15-23(35-17)25(26(34)28-19-6-2-3-7-19)32(20-13-11-18(27)12-14-20)24(33)16-31-22-9-5-4-8-21(22)29-30-31/h4-5,8-15,19,25H,2-3,6-7,16H2,1H3,(H,28,34)/t25-/m0/s1. The molecule has 0 saturated heterocycles. The van der Waals surface area contributed by atoms with Crippen molar-refractivity contribution in [3.05, 3.63) is 78.0 Å².